The Labute approximate surface area is 105 Å². The van der Waals surface area contributed by atoms with Gasteiger partial charge in [-0.05, 0) is 32.4 Å². The Hall–Kier alpha value is -0.960. The first-order chi connectivity index (χ1) is 8.19. The zero-order chi connectivity index (χ0) is 12.7. The normalized spacial score (nSPS) is 12.7. The molecule has 0 radical (unpaired) electrons. The van der Waals surface area contributed by atoms with Crippen molar-refractivity contribution in [2.24, 2.45) is 0 Å². The van der Waals surface area contributed by atoms with E-state index in [1.54, 1.807) is 0 Å². The van der Waals surface area contributed by atoms with Crippen molar-refractivity contribution in [1.29, 1.82) is 0 Å². The number of hydrogen-bond acceptors (Lipinski definition) is 3. The van der Waals surface area contributed by atoms with Crippen LogP contribution in [0.2, 0.25) is 0 Å². The van der Waals surface area contributed by atoms with Crippen LogP contribution in [0.1, 0.15) is 50.8 Å². The van der Waals surface area contributed by atoms with Gasteiger partial charge in [-0.2, -0.15) is 0 Å². The van der Waals surface area contributed by atoms with Crippen LogP contribution in [0, 0.1) is 6.92 Å². The number of likely N-dealkylation sites (N-methyl/N-ethyl adjacent to an activating group) is 1. The van der Waals surface area contributed by atoms with Gasteiger partial charge >= 0.3 is 0 Å². The molecule has 0 spiro atoms. The maximum Gasteiger partial charge on any atom is 0.125 e. The van der Waals surface area contributed by atoms with Crippen LogP contribution in [-0.4, -0.2) is 22.6 Å². The molecule has 0 saturated heterocycles. The molecule has 1 heterocycles. The second-order valence-corrected chi connectivity index (χ2v) is 4.50. The Morgan fingerprint density at radius 3 is 2.47 bits per heavy atom. The third-order valence-corrected chi connectivity index (χ3v) is 2.89. The summed E-state index contributed by atoms with van der Waals surface area (Å²) in [5.74, 6) is 0.895. The number of hydrogen-bond donors (Lipinski definition) is 1. The zero-order valence-corrected chi connectivity index (χ0v) is 11.6. The third-order valence-electron chi connectivity index (χ3n) is 2.89. The highest BCUT2D eigenvalue weighted by atomic mass is 14.9. The Morgan fingerprint density at radius 2 is 1.88 bits per heavy atom. The van der Waals surface area contributed by atoms with Crippen molar-refractivity contribution in [1.82, 2.24) is 15.3 Å². The monoisotopic (exact) mass is 235 g/mol. The molecule has 1 unspecified atom stereocenters. The smallest absolute Gasteiger partial charge is 0.125 e. The molecule has 1 aromatic rings. The fraction of sp³-hybridized carbons (Fsp3) is 0.714. The fourth-order valence-corrected chi connectivity index (χ4v) is 2.15. The second kappa shape index (κ2) is 7.38. The molecule has 96 valence electrons. The Balaban J connectivity index is 2.73. The molecule has 0 aromatic carbocycles. The zero-order valence-electron chi connectivity index (χ0n) is 11.6. The first-order valence-electron chi connectivity index (χ1n) is 6.76. The van der Waals surface area contributed by atoms with E-state index in [2.05, 4.69) is 42.1 Å². The number of rotatable bonds is 7. The average Bonchev–Trinajstić information content (AvgIpc) is 2.29. The van der Waals surface area contributed by atoms with Crippen molar-refractivity contribution in [2.75, 3.05) is 6.54 Å². The molecule has 0 aliphatic rings. The van der Waals surface area contributed by atoms with Crippen LogP contribution in [0.5, 0.6) is 0 Å². The average molecular weight is 235 g/mol. The van der Waals surface area contributed by atoms with Gasteiger partial charge in [-0.1, -0.05) is 27.2 Å². The van der Waals surface area contributed by atoms with E-state index >= 15 is 0 Å². The molecule has 1 atom stereocenters. The summed E-state index contributed by atoms with van der Waals surface area (Å²) < 4.78 is 0. The molecule has 0 aliphatic carbocycles. The number of aryl methyl sites for hydroxylation is 2. The lowest BCUT2D eigenvalue weighted by atomic mass is 10.1. The SMILES string of the molecule is CCCC(Cc1cc(CC)nc(C)n1)NCC. The van der Waals surface area contributed by atoms with E-state index in [0.29, 0.717) is 6.04 Å². The van der Waals surface area contributed by atoms with Gasteiger partial charge in [0.15, 0.2) is 0 Å². The molecule has 1 rings (SSSR count). The first kappa shape index (κ1) is 14.1. The highest BCUT2D eigenvalue weighted by molar-refractivity contribution is 5.12. The minimum absolute atomic E-state index is 0.545. The molecule has 17 heavy (non-hydrogen) atoms. The van der Waals surface area contributed by atoms with Crippen LogP contribution >= 0.6 is 0 Å². The molecule has 1 N–H and O–H groups in total. The van der Waals surface area contributed by atoms with E-state index in [9.17, 15) is 0 Å². The Bertz CT molecular complexity index is 330. The Kier molecular flexibility index (Phi) is 6.12. The van der Waals surface area contributed by atoms with E-state index in [4.69, 9.17) is 0 Å². The van der Waals surface area contributed by atoms with Crippen molar-refractivity contribution in [2.45, 2.75) is 59.4 Å². The predicted octanol–water partition coefficient (Wildman–Crippen LogP) is 2.67. The number of aromatic nitrogens is 2. The molecule has 1 aromatic heterocycles. The van der Waals surface area contributed by atoms with Crippen LogP contribution in [0.25, 0.3) is 0 Å². The van der Waals surface area contributed by atoms with Crippen molar-refractivity contribution in [3.05, 3.63) is 23.3 Å². The van der Waals surface area contributed by atoms with Gasteiger partial charge in [0, 0.05) is 23.9 Å². The van der Waals surface area contributed by atoms with Crippen LogP contribution in [0.4, 0.5) is 0 Å². The lowest BCUT2D eigenvalue weighted by molar-refractivity contribution is 0.481. The highest BCUT2D eigenvalue weighted by Crippen LogP contribution is 2.08. The molecule has 0 aliphatic heterocycles. The van der Waals surface area contributed by atoms with E-state index < -0.39 is 0 Å². The molecule has 0 amide bonds. The van der Waals surface area contributed by atoms with Gasteiger partial charge in [-0.15, -0.1) is 0 Å². The van der Waals surface area contributed by atoms with Gasteiger partial charge in [0.1, 0.15) is 5.82 Å². The van der Waals surface area contributed by atoms with Crippen molar-refractivity contribution in [3.63, 3.8) is 0 Å². The largest absolute Gasteiger partial charge is 0.314 e. The minimum Gasteiger partial charge on any atom is -0.314 e. The summed E-state index contributed by atoms with van der Waals surface area (Å²) >= 11 is 0. The van der Waals surface area contributed by atoms with E-state index in [0.717, 1.165) is 30.9 Å². The van der Waals surface area contributed by atoms with E-state index in [1.807, 2.05) is 6.92 Å². The lowest BCUT2D eigenvalue weighted by Crippen LogP contribution is -2.31. The maximum absolute atomic E-state index is 4.53. The maximum atomic E-state index is 4.53. The van der Waals surface area contributed by atoms with Gasteiger partial charge in [-0.25, -0.2) is 9.97 Å². The summed E-state index contributed by atoms with van der Waals surface area (Å²) in [6.45, 7) is 9.53. The van der Waals surface area contributed by atoms with Crippen LogP contribution in [0.15, 0.2) is 6.07 Å². The summed E-state index contributed by atoms with van der Waals surface area (Å²) in [5.41, 5.74) is 2.33. The van der Waals surface area contributed by atoms with Gasteiger partial charge in [-0.3, -0.25) is 0 Å². The third kappa shape index (κ3) is 4.82. The molecule has 3 heteroatoms. The molecule has 0 saturated carbocycles. The summed E-state index contributed by atoms with van der Waals surface area (Å²) in [7, 11) is 0. The fourth-order valence-electron chi connectivity index (χ4n) is 2.15. The standard InChI is InChI=1S/C14H25N3/c1-5-8-13(15-7-3)10-14-9-12(6-2)16-11(4)17-14/h9,13,15H,5-8,10H2,1-4H3. The van der Waals surface area contributed by atoms with E-state index in [1.165, 1.54) is 18.5 Å². The van der Waals surface area contributed by atoms with Crippen LogP contribution in [-0.2, 0) is 12.8 Å². The molecule has 0 bridgehead atoms. The van der Waals surface area contributed by atoms with Crippen molar-refractivity contribution < 1.29 is 0 Å². The topological polar surface area (TPSA) is 37.8 Å². The van der Waals surface area contributed by atoms with Gasteiger partial charge in [0.05, 0.1) is 0 Å². The predicted molar refractivity (Wildman–Crippen MR) is 72.2 cm³/mol. The summed E-state index contributed by atoms with van der Waals surface area (Å²) in [5, 5.41) is 3.53. The molecule has 0 fully saturated rings. The van der Waals surface area contributed by atoms with Crippen molar-refractivity contribution in [3.8, 4) is 0 Å². The summed E-state index contributed by atoms with van der Waals surface area (Å²) in [6.07, 6.45) is 4.41. The minimum atomic E-state index is 0.545. The molecular weight excluding hydrogens is 210 g/mol. The Morgan fingerprint density at radius 1 is 1.18 bits per heavy atom. The number of nitrogens with zero attached hydrogens (tertiary/aromatic N) is 2. The lowest BCUT2D eigenvalue weighted by Gasteiger charge is -2.17. The van der Waals surface area contributed by atoms with Gasteiger partial charge in [0.2, 0.25) is 0 Å². The van der Waals surface area contributed by atoms with Crippen molar-refractivity contribution >= 4 is 0 Å². The van der Waals surface area contributed by atoms with Gasteiger partial charge in [0.25, 0.3) is 0 Å². The molecule has 3 nitrogen and oxygen atoms in total. The van der Waals surface area contributed by atoms with E-state index in [-0.39, 0.29) is 0 Å². The first-order valence-corrected chi connectivity index (χ1v) is 6.76. The van der Waals surface area contributed by atoms with Crippen LogP contribution < -0.4 is 5.32 Å². The van der Waals surface area contributed by atoms with Crippen LogP contribution in [0.3, 0.4) is 0 Å². The number of nitrogens with one attached hydrogen (secondary N) is 1. The highest BCUT2D eigenvalue weighted by Gasteiger charge is 2.09. The quantitative estimate of drug-likeness (QED) is 0.789. The van der Waals surface area contributed by atoms with Gasteiger partial charge < -0.3 is 5.32 Å². The second-order valence-electron chi connectivity index (χ2n) is 4.50. The summed E-state index contributed by atoms with van der Waals surface area (Å²) in [4.78, 5) is 8.96. The molecular formula is C14H25N3. The summed E-state index contributed by atoms with van der Waals surface area (Å²) in [6, 6.07) is 2.69.